The lowest BCUT2D eigenvalue weighted by Crippen LogP contribution is -2.68. The molecule has 2 N–H and O–H groups in total. The average molecular weight is 556 g/mol. The summed E-state index contributed by atoms with van der Waals surface area (Å²) in [6.45, 7) is 8.49. The number of piperidine rings is 1. The van der Waals surface area contributed by atoms with Crippen molar-refractivity contribution < 1.29 is 14.4 Å². The van der Waals surface area contributed by atoms with Crippen LogP contribution in [0.2, 0.25) is 5.02 Å². The maximum Gasteiger partial charge on any atom is 0.262 e. The van der Waals surface area contributed by atoms with E-state index in [0.717, 1.165) is 22.0 Å². The largest absolute Gasteiger partial charge is 0.354 e. The second-order valence-corrected chi connectivity index (χ2v) is 11.2. The van der Waals surface area contributed by atoms with Gasteiger partial charge in [-0.25, -0.2) is 5.01 Å². The quantitative estimate of drug-likeness (QED) is 0.515. The summed E-state index contributed by atoms with van der Waals surface area (Å²) < 4.78 is 0. The van der Waals surface area contributed by atoms with Gasteiger partial charge >= 0.3 is 0 Å². The minimum atomic E-state index is -1.02. The molecule has 0 bridgehead atoms. The highest BCUT2D eigenvalue weighted by atomic mass is 35.5. The number of hydrogen-bond acceptors (Lipinski definition) is 5. The van der Waals surface area contributed by atoms with Crippen LogP contribution in [0.4, 0.5) is 5.69 Å². The van der Waals surface area contributed by atoms with Gasteiger partial charge in [0.2, 0.25) is 11.8 Å². The second kappa shape index (κ2) is 10.2. The van der Waals surface area contributed by atoms with Crippen LogP contribution in [0.25, 0.3) is 0 Å². The van der Waals surface area contributed by atoms with Crippen LogP contribution in [0.3, 0.4) is 0 Å². The van der Waals surface area contributed by atoms with Crippen molar-refractivity contribution in [2.24, 2.45) is 16.9 Å². The minimum absolute atomic E-state index is 0.0395. The summed E-state index contributed by atoms with van der Waals surface area (Å²) in [7, 11) is 0. The first kappa shape index (κ1) is 26.5. The van der Waals surface area contributed by atoms with Crippen LogP contribution in [0.1, 0.15) is 38.7 Å². The molecule has 3 aliphatic heterocycles. The highest BCUT2D eigenvalue weighted by Gasteiger charge is 2.64. The standard InChI is InChI=1S/C28H31Cl2N5O3/c1-4-16(2)26-28(21-9-8-20(30)13-23(21)32-27(28)38)22(18-6-5-7-19(29)12-18)14-24-33-35(11-10-31-17(3)36)25(37)15-34(24)26/h5-9,13,18,22,26H,2,4,10-12,14-15H2,1,3H3,(H,31,36)(H,32,38)/t18?,22-,26+,28-/m0/s1. The van der Waals surface area contributed by atoms with Gasteiger partial charge in [-0.05, 0) is 48.4 Å². The van der Waals surface area contributed by atoms with Gasteiger partial charge in [-0.3, -0.25) is 14.4 Å². The lowest BCUT2D eigenvalue weighted by Gasteiger charge is -2.56. The summed E-state index contributed by atoms with van der Waals surface area (Å²) >= 11 is 12.8. The van der Waals surface area contributed by atoms with Crippen molar-refractivity contribution in [3.8, 4) is 0 Å². The maximum atomic E-state index is 14.2. The van der Waals surface area contributed by atoms with E-state index < -0.39 is 11.5 Å². The molecule has 38 heavy (non-hydrogen) atoms. The third-order valence-electron chi connectivity index (χ3n) is 8.06. The molecule has 1 fully saturated rings. The van der Waals surface area contributed by atoms with Crippen LogP contribution in [0.5, 0.6) is 0 Å². The molecule has 4 atom stereocenters. The number of carbonyl (C=O) groups is 3. The summed E-state index contributed by atoms with van der Waals surface area (Å²) in [6.07, 6.45) is 7.63. The topological polar surface area (TPSA) is 94.1 Å². The van der Waals surface area contributed by atoms with Crippen LogP contribution in [-0.2, 0) is 19.8 Å². The van der Waals surface area contributed by atoms with Crippen molar-refractivity contribution in [3.05, 3.63) is 64.2 Å². The SMILES string of the molecule is C=C(CC)[C@H]1N2CC(=O)N(CCNC(C)=O)N=C2C[C@@H](C2C=CC=C(Cl)C2)[C@]12C(=O)Nc1cc(Cl)ccc12. The first-order valence-corrected chi connectivity index (χ1v) is 13.6. The summed E-state index contributed by atoms with van der Waals surface area (Å²) in [6, 6.07) is 5.02. The van der Waals surface area contributed by atoms with Crippen molar-refractivity contribution in [2.75, 3.05) is 25.0 Å². The predicted octanol–water partition coefficient (Wildman–Crippen LogP) is 4.18. The number of anilines is 1. The zero-order valence-corrected chi connectivity index (χ0v) is 23.0. The Hall–Kier alpha value is -3.10. The Morgan fingerprint density at radius 1 is 1.29 bits per heavy atom. The number of rotatable bonds is 6. The van der Waals surface area contributed by atoms with E-state index in [0.29, 0.717) is 36.5 Å². The third kappa shape index (κ3) is 4.33. The van der Waals surface area contributed by atoms with Crippen LogP contribution in [0.15, 0.2) is 58.7 Å². The second-order valence-electron chi connectivity index (χ2n) is 10.2. The highest BCUT2D eigenvalue weighted by Crippen LogP contribution is 2.57. The Kier molecular flexibility index (Phi) is 7.13. The van der Waals surface area contributed by atoms with Crippen LogP contribution in [-0.4, -0.2) is 59.1 Å². The van der Waals surface area contributed by atoms with Crippen LogP contribution >= 0.6 is 23.2 Å². The molecule has 0 saturated carbocycles. The summed E-state index contributed by atoms with van der Waals surface area (Å²) in [5.41, 5.74) is 1.37. The Labute approximate surface area is 232 Å². The number of hydrazone groups is 1. The number of halogens is 2. The van der Waals surface area contributed by atoms with Gasteiger partial charge in [0.05, 0.1) is 12.6 Å². The van der Waals surface area contributed by atoms with Crippen molar-refractivity contribution in [1.82, 2.24) is 15.2 Å². The number of allylic oxidation sites excluding steroid dienone is 4. The lowest BCUT2D eigenvalue weighted by atomic mass is 9.56. The summed E-state index contributed by atoms with van der Waals surface area (Å²) in [5.74, 6) is -0.00253. The Bertz CT molecular complexity index is 1310. The average Bonchev–Trinajstić information content (AvgIpc) is 3.14. The fourth-order valence-corrected chi connectivity index (χ4v) is 6.84. The molecule has 4 aliphatic rings. The van der Waals surface area contributed by atoms with E-state index in [1.54, 1.807) is 6.07 Å². The molecule has 1 aromatic rings. The fourth-order valence-electron chi connectivity index (χ4n) is 6.42. The molecular weight excluding hydrogens is 525 g/mol. The maximum absolute atomic E-state index is 14.2. The highest BCUT2D eigenvalue weighted by molar-refractivity contribution is 6.31. The smallest absolute Gasteiger partial charge is 0.262 e. The lowest BCUT2D eigenvalue weighted by molar-refractivity contribution is -0.137. The van der Waals surface area contributed by atoms with E-state index in [1.807, 2.05) is 36.1 Å². The molecule has 0 radical (unpaired) electrons. The third-order valence-corrected chi connectivity index (χ3v) is 8.58. The van der Waals surface area contributed by atoms with Crippen molar-refractivity contribution in [3.63, 3.8) is 0 Å². The molecule has 1 aromatic carbocycles. The van der Waals surface area contributed by atoms with Crippen molar-refractivity contribution >= 4 is 52.4 Å². The first-order chi connectivity index (χ1) is 18.2. The molecule has 200 valence electrons. The number of benzene rings is 1. The zero-order valence-electron chi connectivity index (χ0n) is 21.5. The number of nitrogens with zero attached hydrogens (tertiary/aromatic N) is 3. The van der Waals surface area contributed by atoms with Gasteiger partial charge in [0, 0.05) is 35.6 Å². The molecule has 1 aliphatic carbocycles. The van der Waals surface area contributed by atoms with Crippen LogP contribution < -0.4 is 10.6 Å². The Morgan fingerprint density at radius 3 is 2.79 bits per heavy atom. The van der Waals surface area contributed by atoms with Gasteiger partial charge in [-0.1, -0.05) is 60.5 Å². The number of fused-ring (bicyclic) bond motifs is 3. The molecule has 1 spiro atoms. The molecule has 3 heterocycles. The van der Waals surface area contributed by atoms with E-state index in [-0.39, 0.29) is 42.6 Å². The summed E-state index contributed by atoms with van der Waals surface area (Å²) in [5, 5.41) is 13.3. The van der Waals surface area contributed by atoms with Gasteiger partial charge in [-0.2, -0.15) is 5.10 Å². The molecule has 1 unspecified atom stereocenters. The van der Waals surface area contributed by atoms with Gasteiger partial charge in [-0.15, -0.1) is 0 Å². The number of amides is 3. The molecular formula is C28H31Cl2N5O3. The van der Waals surface area contributed by atoms with E-state index in [9.17, 15) is 14.4 Å². The predicted molar refractivity (Wildman–Crippen MR) is 149 cm³/mol. The monoisotopic (exact) mass is 555 g/mol. The molecule has 8 nitrogen and oxygen atoms in total. The van der Waals surface area contributed by atoms with E-state index >= 15 is 0 Å². The van der Waals surface area contributed by atoms with E-state index in [4.69, 9.17) is 28.3 Å². The van der Waals surface area contributed by atoms with Crippen molar-refractivity contribution in [1.29, 1.82) is 0 Å². The van der Waals surface area contributed by atoms with Crippen molar-refractivity contribution in [2.45, 2.75) is 44.6 Å². The van der Waals surface area contributed by atoms with Gasteiger partial charge < -0.3 is 15.5 Å². The Morgan fingerprint density at radius 2 is 2.08 bits per heavy atom. The fraction of sp³-hybridized carbons (Fsp3) is 0.429. The van der Waals surface area contributed by atoms with Crippen LogP contribution in [0, 0.1) is 11.8 Å². The molecule has 1 saturated heterocycles. The minimum Gasteiger partial charge on any atom is -0.354 e. The van der Waals surface area contributed by atoms with Gasteiger partial charge in [0.25, 0.3) is 5.91 Å². The van der Waals surface area contributed by atoms with Gasteiger partial charge in [0.15, 0.2) is 0 Å². The molecule has 10 heteroatoms. The number of carbonyl (C=O) groups excluding carboxylic acids is 3. The Balaban J connectivity index is 1.66. The normalized spacial score (nSPS) is 27.9. The summed E-state index contributed by atoms with van der Waals surface area (Å²) in [4.78, 5) is 40.8. The molecule has 5 rings (SSSR count). The molecule has 0 aromatic heterocycles. The number of hydrogen-bond donors (Lipinski definition) is 2. The van der Waals surface area contributed by atoms with Gasteiger partial charge in [0.1, 0.15) is 17.8 Å². The van der Waals surface area contributed by atoms with E-state index in [1.165, 1.54) is 11.9 Å². The molecule has 3 amide bonds. The van der Waals surface area contributed by atoms with E-state index in [2.05, 4.69) is 23.3 Å². The zero-order chi connectivity index (χ0) is 27.2. The first-order valence-electron chi connectivity index (χ1n) is 12.9. The number of amidine groups is 1. The number of nitrogens with one attached hydrogen (secondary N) is 2.